The van der Waals surface area contributed by atoms with E-state index in [1.807, 2.05) is 18.2 Å². The van der Waals surface area contributed by atoms with Crippen LogP contribution in [0.4, 0.5) is 0 Å². The van der Waals surface area contributed by atoms with Crippen LogP contribution in [0.5, 0.6) is 0 Å². The van der Waals surface area contributed by atoms with Crippen LogP contribution < -0.4 is 11.1 Å². The summed E-state index contributed by atoms with van der Waals surface area (Å²) in [7, 11) is 0. The van der Waals surface area contributed by atoms with E-state index >= 15 is 0 Å². The lowest BCUT2D eigenvalue weighted by Gasteiger charge is -2.33. The molecule has 0 aromatic heterocycles. The molecule has 0 spiro atoms. The van der Waals surface area contributed by atoms with Crippen molar-refractivity contribution in [2.45, 2.75) is 32.7 Å². The van der Waals surface area contributed by atoms with Gasteiger partial charge in [0.15, 0.2) is 0 Å². The molecule has 0 aliphatic rings. The summed E-state index contributed by atoms with van der Waals surface area (Å²) in [5, 5.41) is 4.34. The first kappa shape index (κ1) is 14.5. The number of hydrogen-bond donors (Lipinski definition) is 2. The Morgan fingerprint density at radius 2 is 2.12 bits per heavy atom. The van der Waals surface area contributed by atoms with Crippen LogP contribution in [-0.2, 0) is 6.42 Å². The van der Waals surface area contributed by atoms with Crippen molar-refractivity contribution in [2.75, 3.05) is 13.1 Å². The second-order valence-electron chi connectivity index (χ2n) is 5.08. The van der Waals surface area contributed by atoms with Gasteiger partial charge < -0.3 is 11.1 Å². The number of rotatable bonds is 6. The van der Waals surface area contributed by atoms with Gasteiger partial charge in [0.25, 0.3) is 0 Å². The molecule has 0 saturated carbocycles. The number of nitrogens with one attached hydrogen (secondary N) is 1. The number of hydrogen-bond acceptors (Lipinski definition) is 2. The monoisotopic (exact) mass is 254 g/mol. The van der Waals surface area contributed by atoms with Crippen molar-refractivity contribution in [3.63, 3.8) is 0 Å². The van der Waals surface area contributed by atoms with E-state index in [-0.39, 0.29) is 5.54 Å². The normalized spacial score (nSPS) is 14.9. The van der Waals surface area contributed by atoms with Crippen molar-refractivity contribution < 1.29 is 0 Å². The van der Waals surface area contributed by atoms with E-state index in [1.54, 1.807) is 0 Å². The van der Waals surface area contributed by atoms with E-state index < -0.39 is 0 Å². The zero-order chi connectivity index (χ0) is 12.9. The highest BCUT2D eigenvalue weighted by Crippen LogP contribution is 2.15. The van der Waals surface area contributed by atoms with E-state index in [0.29, 0.717) is 12.5 Å². The highest BCUT2D eigenvalue weighted by molar-refractivity contribution is 6.30. The molecule has 1 aromatic rings. The van der Waals surface area contributed by atoms with E-state index in [4.69, 9.17) is 17.3 Å². The summed E-state index contributed by atoms with van der Waals surface area (Å²) >= 11 is 5.95. The summed E-state index contributed by atoms with van der Waals surface area (Å²) in [4.78, 5) is 0. The fraction of sp³-hybridized carbons (Fsp3) is 0.571. The average Bonchev–Trinajstić information content (AvgIpc) is 2.28. The summed E-state index contributed by atoms with van der Waals surface area (Å²) < 4.78 is 0. The van der Waals surface area contributed by atoms with E-state index in [9.17, 15) is 0 Å². The first-order chi connectivity index (χ1) is 7.98. The Morgan fingerprint density at radius 3 is 2.65 bits per heavy atom. The lowest BCUT2D eigenvalue weighted by Crippen LogP contribution is -2.53. The molecule has 0 aliphatic carbocycles. The van der Waals surface area contributed by atoms with Crippen molar-refractivity contribution in [1.29, 1.82) is 0 Å². The summed E-state index contributed by atoms with van der Waals surface area (Å²) in [6, 6.07) is 8.00. The Balaban J connectivity index is 2.47. The molecule has 2 nitrogen and oxygen atoms in total. The lowest BCUT2D eigenvalue weighted by molar-refractivity contribution is 0.271. The Labute approximate surface area is 110 Å². The minimum Gasteiger partial charge on any atom is -0.329 e. The molecule has 0 saturated heterocycles. The van der Waals surface area contributed by atoms with Gasteiger partial charge in [-0.3, -0.25) is 0 Å². The molecule has 1 rings (SSSR count). The average molecular weight is 255 g/mol. The minimum atomic E-state index is 0.0125. The van der Waals surface area contributed by atoms with Crippen LogP contribution in [0.1, 0.15) is 26.3 Å². The number of benzene rings is 1. The minimum absolute atomic E-state index is 0.0125. The molecule has 17 heavy (non-hydrogen) atoms. The van der Waals surface area contributed by atoms with Crippen LogP contribution in [0.15, 0.2) is 24.3 Å². The van der Waals surface area contributed by atoms with Crippen molar-refractivity contribution in [1.82, 2.24) is 5.32 Å². The molecule has 3 heteroatoms. The zero-order valence-electron chi connectivity index (χ0n) is 11.0. The van der Waals surface area contributed by atoms with Crippen LogP contribution in [0.25, 0.3) is 0 Å². The molecule has 0 radical (unpaired) electrons. The number of halogens is 1. The van der Waals surface area contributed by atoms with Gasteiger partial charge in [0.05, 0.1) is 0 Å². The van der Waals surface area contributed by atoms with Gasteiger partial charge in [-0.1, -0.05) is 37.6 Å². The Hall–Kier alpha value is -0.570. The van der Waals surface area contributed by atoms with Crippen molar-refractivity contribution >= 4 is 11.6 Å². The molecule has 1 unspecified atom stereocenters. The van der Waals surface area contributed by atoms with Crippen LogP contribution in [0.2, 0.25) is 5.02 Å². The molecule has 0 heterocycles. The van der Waals surface area contributed by atoms with Crippen LogP contribution in [-0.4, -0.2) is 18.6 Å². The molecule has 0 fully saturated rings. The summed E-state index contributed by atoms with van der Waals surface area (Å²) in [5.74, 6) is 0.520. The quantitative estimate of drug-likeness (QED) is 0.819. The second kappa shape index (κ2) is 6.39. The Bertz CT molecular complexity index is 352. The molecular weight excluding hydrogens is 232 g/mol. The predicted molar refractivity (Wildman–Crippen MR) is 75.5 cm³/mol. The van der Waals surface area contributed by atoms with Crippen LogP contribution in [0, 0.1) is 5.92 Å². The van der Waals surface area contributed by atoms with Crippen LogP contribution >= 0.6 is 11.6 Å². The third-order valence-electron chi connectivity index (χ3n) is 3.53. The van der Waals surface area contributed by atoms with Gasteiger partial charge in [0.1, 0.15) is 0 Å². The van der Waals surface area contributed by atoms with E-state index in [0.717, 1.165) is 18.0 Å². The lowest BCUT2D eigenvalue weighted by atomic mass is 9.88. The standard InChI is InChI=1S/C14H23ClN2/c1-11(2)14(3,10-16)17-8-7-12-5-4-6-13(15)9-12/h4-6,9,11,17H,7-8,10,16H2,1-3H3. The smallest absolute Gasteiger partial charge is 0.0408 e. The van der Waals surface area contributed by atoms with E-state index in [1.165, 1.54) is 5.56 Å². The maximum atomic E-state index is 5.95. The fourth-order valence-electron chi connectivity index (χ4n) is 1.70. The van der Waals surface area contributed by atoms with Crippen LogP contribution in [0.3, 0.4) is 0 Å². The Morgan fingerprint density at radius 1 is 1.41 bits per heavy atom. The summed E-state index contributed by atoms with van der Waals surface area (Å²) in [5.41, 5.74) is 7.10. The third-order valence-corrected chi connectivity index (χ3v) is 3.76. The molecule has 3 N–H and O–H groups in total. The first-order valence-corrected chi connectivity index (χ1v) is 6.55. The molecule has 0 aliphatic heterocycles. The highest BCUT2D eigenvalue weighted by Gasteiger charge is 2.25. The zero-order valence-corrected chi connectivity index (χ0v) is 11.7. The molecule has 96 valence electrons. The molecule has 1 aromatic carbocycles. The van der Waals surface area contributed by atoms with Gasteiger partial charge in [0, 0.05) is 17.1 Å². The maximum Gasteiger partial charge on any atom is 0.0408 e. The Kier molecular flexibility index (Phi) is 5.44. The molecular formula is C14H23ClN2. The first-order valence-electron chi connectivity index (χ1n) is 6.17. The van der Waals surface area contributed by atoms with Gasteiger partial charge in [-0.05, 0) is 43.5 Å². The third kappa shape index (κ3) is 4.30. The maximum absolute atomic E-state index is 5.95. The van der Waals surface area contributed by atoms with Crippen molar-refractivity contribution in [3.05, 3.63) is 34.9 Å². The molecule has 0 bridgehead atoms. The largest absolute Gasteiger partial charge is 0.329 e. The summed E-state index contributed by atoms with van der Waals surface area (Å²) in [6.45, 7) is 8.14. The predicted octanol–water partition coefficient (Wildman–Crippen LogP) is 2.85. The van der Waals surface area contributed by atoms with Gasteiger partial charge >= 0.3 is 0 Å². The highest BCUT2D eigenvalue weighted by atomic mass is 35.5. The second-order valence-corrected chi connectivity index (χ2v) is 5.52. The SMILES string of the molecule is CC(C)C(C)(CN)NCCc1cccc(Cl)c1. The van der Waals surface area contributed by atoms with Gasteiger partial charge in [0.2, 0.25) is 0 Å². The van der Waals surface area contributed by atoms with Gasteiger partial charge in [-0.15, -0.1) is 0 Å². The van der Waals surface area contributed by atoms with E-state index in [2.05, 4.69) is 32.2 Å². The topological polar surface area (TPSA) is 38.0 Å². The van der Waals surface area contributed by atoms with Gasteiger partial charge in [-0.25, -0.2) is 0 Å². The number of nitrogens with two attached hydrogens (primary N) is 1. The van der Waals surface area contributed by atoms with Crippen molar-refractivity contribution in [2.24, 2.45) is 11.7 Å². The fourth-order valence-corrected chi connectivity index (χ4v) is 1.91. The molecule has 0 amide bonds. The van der Waals surface area contributed by atoms with Gasteiger partial charge in [-0.2, -0.15) is 0 Å². The summed E-state index contributed by atoms with van der Waals surface area (Å²) in [6.07, 6.45) is 0.975. The molecule has 1 atom stereocenters. The van der Waals surface area contributed by atoms with Crippen molar-refractivity contribution in [3.8, 4) is 0 Å².